The van der Waals surface area contributed by atoms with Gasteiger partial charge in [0, 0.05) is 12.2 Å². The quantitative estimate of drug-likeness (QED) is 0.434. The molecule has 0 atom stereocenters. The van der Waals surface area contributed by atoms with Crippen molar-refractivity contribution in [3.63, 3.8) is 0 Å². The first-order valence-corrected chi connectivity index (χ1v) is 12.9. The highest BCUT2D eigenvalue weighted by atomic mass is 35.5. The smallest absolute Gasteiger partial charge is 0.261 e. The third kappa shape index (κ3) is 7.68. The minimum Gasteiger partial charge on any atom is -0.494 e. The van der Waals surface area contributed by atoms with Gasteiger partial charge >= 0.3 is 0 Å². The molecule has 2 N–H and O–H groups in total. The second kappa shape index (κ2) is 12.0. The van der Waals surface area contributed by atoms with Crippen LogP contribution in [0.4, 0.5) is 5.69 Å². The van der Waals surface area contributed by atoms with Crippen molar-refractivity contribution in [3.05, 3.63) is 59.1 Å². The zero-order valence-electron chi connectivity index (χ0n) is 18.6. The maximum atomic E-state index is 12.7. The van der Waals surface area contributed by atoms with Crippen LogP contribution in [0, 0.1) is 0 Å². The van der Waals surface area contributed by atoms with Crippen LogP contribution in [0.3, 0.4) is 0 Å². The SMILES string of the molecule is CCOc1ccc(NS(=O)(=O)c2ccc(OCC(=O)NCCC3=CCCCC3)c(Cl)c2)cc1. The van der Waals surface area contributed by atoms with E-state index in [4.69, 9.17) is 21.1 Å². The fraction of sp³-hybridized carbons (Fsp3) is 0.375. The molecule has 1 aliphatic carbocycles. The van der Waals surface area contributed by atoms with Crippen molar-refractivity contribution in [2.24, 2.45) is 0 Å². The molecule has 0 heterocycles. The fourth-order valence-electron chi connectivity index (χ4n) is 3.45. The van der Waals surface area contributed by atoms with Crippen LogP contribution in [0.25, 0.3) is 0 Å². The number of nitrogens with one attached hydrogen (secondary N) is 2. The second-order valence-electron chi connectivity index (χ2n) is 7.65. The highest BCUT2D eigenvalue weighted by Gasteiger charge is 2.17. The number of amides is 1. The molecule has 0 saturated heterocycles. The molecule has 3 rings (SSSR count). The van der Waals surface area contributed by atoms with E-state index in [1.807, 2.05) is 6.92 Å². The van der Waals surface area contributed by atoms with E-state index in [2.05, 4.69) is 16.1 Å². The monoisotopic (exact) mass is 492 g/mol. The molecule has 1 amide bonds. The third-order valence-electron chi connectivity index (χ3n) is 5.14. The maximum Gasteiger partial charge on any atom is 0.261 e. The number of allylic oxidation sites excluding steroid dienone is 1. The van der Waals surface area contributed by atoms with Gasteiger partial charge in [0.25, 0.3) is 15.9 Å². The van der Waals surface area contributed by atoms with Gasteiger partial charge in [0.05, 0.1) is 16.5 Å². The van der Waals surface area contributed by atoms with Gasteiger partial charge in [-0.1, -0.05) is 23.3 Å². The minimum atomic E-state index is -3.85. The van der Waals surface area contributed by atoms with E-state index in [9.17, 15) is 13.2 Å². The van der Waals surface area contributed by atoms with E-state index >= 15 is 0 Å². The second-order valence-corrected chi connectivity index (χ2v) is 9.74. The summed E-state index contributed by atoms with van der Waals surface area (Å²) >= 11 is 6.21. The Morgan fingerprint density at radius 3 is 2.55 bits per heavy atom. The molecule has 0 aromatic heterocycles. The first kappa shape index (κ1) is 24.9. The largest absolute Gasteiger partial charge is 0.494 e. The average Bonchev–Trinajstić information content (AvgIpc) is 2.80. The Labute approximate surface area is 200 Å². The Morgan fingerprint density at radius 1 is 1.09 bits per heavy atom. The summed E-state index contributed by atoms with van der Waals surface area (Å²) in [4.78, 5) is 12.0. The van der Waals surface area contributed by atoms with Gasteiger partial charge in [-0.3, -0.25) is 9.52 Å². The lowest BCUT2D eigenvalue weighted by atomic mass is 9.97. The fourth-order valence-corrected chi connectivity index (χ4v) is 4.84. The summed E-state index contributed by atoms with van der Waals surface area (Å²) in [5.74, 6) is 0.637. The van der Waals surface area contributed by atoms with E-state index in [1.54, 1.807) is 24.3 Å². The molecule has 2 aromatic carbocycles. The topological polar surface area (TPSA) is 93.7 Å². The third-order valence-corrected chi connectivity index (χ3v) is 6.82. The number of halogens is 1. The summed E-state index contributed by atoms with van der Waals surface area (Å²) in [5.41, 5.74) is 1.79. The molecule has 2 aromatic rings. The van der Waals surface area contributed by atoms with Crippen LogP contribution in [0.1, 0.15) is 39.0 Å². The molecule has 0 bridgehead atoms. The van der Waals surface area contributed by atoms with Gasteiger partial charge < -0.3 is 14.8 Å². The normalized spacial score (nSPS) is 13.7. The van der Waals surface area contributed by atoms with Crippen LogP contribution >= 0.6 is 11.6 Å². The molecule has 9 heteroatoms. The van der Waals surface area contributed by atoms with Crippen molar-refractivity contribution in [2.45, 2.75) is 43.9 Å². The van der Waals surface area contributed by atoms with Gasteiger partial charge in [-0.05, 0) is 81.5 Å². The van der Waals surface area contributed by atoms with E-state index in [-0.39, 0.29) is 28.2 Å². The Balaban J connectivity index is 1.51. The van der Waals surface area contributed by atoms with Gasteiger partial charge in [-0.15, -0.1) is 0 Å². The first-order chi connectivity index (χ1) is 15.9. The number of anilines is 1. The molecule has 0 radical (unpaired) electrons. The summed E-state index contributed by atoms with van der Waals surface area (Å²) in [7, 11) is -3.85. The molecular weight excluding hydrogens is 464 g/mol. The summed E-state index contributed by atoms with van der Waals surface area (Å²) in [6.07, 6.45) is 7.77. The van der Waals surface area contributed by atoms with Gasteiger partial charge in [0.15, 0.2) is 6.61 Å². The minimum absolute atomic E-state index is 0.0149. The van der Waals surface area contributed by atoms with Gasteiger partial charge in [0.2, 0.25) is 0 Å². The number of benzene rings is 2. The van der Waals surface area contributed by atoms with Gasteiger partial charge in [0.1, 0.15) is 11.5 Å². The van der Waals surface area contributed by atoms with Crippen molar-refractivity contribution < 1.29 is 22.7 Å². The Kier molecular flexibility index (Phi) is 9.03. The standard InChI is InChI=1S/C24H29ClN2O5S/c1-2-31-20-10-8-19(9-11-20)27-33(29,30)21-12-13-23(22(25)16-21)32-17-24(28)26-15-14-18-6-4-3-5-7-18/h6,8-13,16,27H,2-5,7,14-15,17H2,1H3,(H,26,28). The molecule has 7 nitrogen and oxygen atoms in total. The number of hydrogen-bond acceptors (Lipinski definition) is 5. The number of ether oxygens (including phenoxy) is 2. The number of carbonyl (C=O) groups is 1. The zero-order chi connectivity index (χ0) is 23.7. The molecular formula is C24H29ClN2O5S. The van der Waals surface area contributed by atoms with Crippen LogP contribution in [-0.2, 0) is 14.8 Å². The van der Waals surface area contributed by atoms with Crippen molar-refractivity contribution >= 4 is 33.2 Å². The van der Waals surface area contributed by atoms with E-state index in [0.29, 0.717) is 24.6 Å². The molecule has 0 fully saturated rings. The van der Waals surface area contributed by atoms with Gasteiger partial charge in [-0.25, -0.2) is 8.42 Å². The lowest BCUT2D eigenvalue weighted by molar-refractivity contribution is -0.123. The number of rotatable bonds is 11. The first-order valence-electron chi connectivity index (χ1n) is 11.0. The molecule has 0 unspecified atom stereocenters. The molecule has 0 spiro atoms. The van der Waals surface area contributed by atoms with Crippen LogP contribution < -0.4 is 19.5 Å². The highest BCUT2D eigenvalue weighted by Crippen LogP contribution is 2.28. The Hall–Kier alpha value is -2.71. The van der Waals surface area contributed by atoms with Gasteiger partial charge in [-0.2, -0.15) is 0 Å². The van der Waals surface area contributed by atoms with Crippen LogP contribution in [0.15, 0.2) is 59.0 Å². The summed E-state index contributed by atoms with van der Waals surface area (Å²) in [6, 6.07) is 10.7. The number of carbonyl (C=O) groups excluding carboxylic acids is 1. The van der Waals surface area contributed by atoms with E-state index in [1.165, 1.54) is 36.6 Å². The van der Waals surface area contributed by atoms with Crippen molar-refractivity contribution in [3.8, 4) is 11.5 Å². The predicted octanol–water partition coefficient (Wildman–Crippen LogP) is 4.93. The predicted molar refractivity (Wildman–Crippen MR) is 130 cm³/mol. The molecule has 0 saturated carbocycles. The van der Waals surface area contributed by atoms with Crippen molar-refractivity contribution in [1.29, 1.82) is 0 Å². The lowest BCUT2D eigenvalue weighted by Crippen LogP contribution is -2.30. The molecule has 1 aliphatic rings. The van der Waals surface area contributed by atoms with Crippen LogP contribution in [-0.4, -0.2) is 34.1 Å². The molecule has 0 aliphatic heterocycles. The van der Waals surface area contributed by atoms with Crippen LogP contribution in [0.2, 0.25) is 5.02 Å². The Morgan fingerprint density at radius 2 is 1.88 bits per heavy atom. The maximum absolute atomic E-state index is 12.7. The summed E-state index contributed by atoms with van der Waals surface area (Å²) < 4.78 is 38.7. The number of hydrogen-bond donors (Lipinski definition) is 2. The molecule has 178 valence electrons. The number of sulfonamides is 1. The summed E-state index contributed by atoms with van der Waals surface area (Å²) in [5, 5.41) is 2.93. The lowest BCUT2D eigenvalue weighted by Gasteiger charge is -2.14. The Bertz CT molecular complexity index is 1080. The zero-order valence-corrected chi connectivity index (χ0v) is 20.2. The van der Waals surface area contributed by atoms with Crippen molar-refractivity contribution in [1.82, 2.24) is 5.32 Å². The molecule has 33 heavy (non-hydrogen) atoms. The average molecular weight is 493 g/mol. The van der Waals surface area contributed by atoms with E-state index < -0.39 is 10.0 Å². The van der Waals surface area contributed by atoms with Crippen LogP contribution in [0.5, 0.6) is 11.5 Å². The summed E-state index contributed by atoms with van der Waals surface area (Å²) in [6.45, 7) is 2.76. The highest BCUT2D eigenvalue weighted by molar-refractivity contribution is 7.92. The van der Waals surface area contributed by atoms with E-state index in [0.717, 1.165) is 19.3 Å². The van der Waals surface area contributed by atoms with Crippen molar-refractivity contribution in [2.75, 3.05) is 24.5 Å².